The molecular weight excluding hydrogens is 184 g/mol. The van der Waals surface area contributed by atoms with Crippen molar-refractivity contribution >= 4 is 17.6 Å². The van der Waals surface area contributed by atoms with Crippen molar-refractivity contribution in [3.8, 4) is 0 Å². The van der Waals surface area contributed by atoms with Gasteiger partial charge in [0.25, 0.3) is 5.91 Å². The van der Waals surface area contributed by atoms with Crippen molar-refractivity contribution in [2.45, 2.75) is 0 Å². The standard InChI is InChI=1S/C9H10N2O3/c1-14-9(13)6-4-2-3-5(7(6)10)8(11)12/h2-4H,10H2,1H3,(H2,11,12). The molecule has 5 nitrogen and oxygen atoms in total. The second kappa shape index (κ2) is 3.78. The first-order chi connectivity index (χ1) is 6.57. The molecule has 5 heteroatoms. The van der Waals surface area contributed by atoms with Gasteiger partial charge in [-0.25, -0.2) is 4.79 Å². The molecule has 14 heavy (non-hydrogen) atoms. The molecule has 74 valence electrons. The molecule has 0 atom stereocenters. The molecular formula is C9H10N2O3. The van der Waals surface area contributed by atoms with Crippen LogP contribution in [-0.2, 0) is 4.74 Å². The van der Waals surface area contributed by atoms with Gasteiger partial charge in [-0.15, -0.1) is 0 Å². The first kappa shape index (κ1) is 10.0. The van der Waals surface area contributed by atoms with E-state index in [4.69, 9.17) is 11.5 Å². The van der Waals surface area contributed by atoms with E-state index in [1.807, 2.05) is 0 Å². The van der Waals surface area contributed by atoms with E-state index in [1.54, 1.807) is 0 Å². The second-order valence-electron chi connectivity index (χ2n) is 2.62. The van der Waals surface area contributed by atoms with Crippen LogP contribution in [0.25, 0.3) is 0 Å². The molecule has 0 radical (unpaired) electrons. The average molecular weight is 194 g/mol. The number of hydrogen-bond acceptors (Lipinski definition) is 4. The fourth-order valence-electron chi connectivity index (χ4n) is 1.07. The molecule has 0 heterocycles. The third-order valence-electron chi connectivity index (χ3n) is 1.78. The molecule has 0 spiro atoms. The third kappa shape index (κ3) is 1.66. The minimum absolute atomic E-state index is 0.0480. The predicted molar refractivity (Wildman–Crippen MR) is 50.7 cm³/mol. The van der Waals surface area contributed by atoms with Gasteiger partial charge in [-0.1, -0.05) is 6.07 Å². The Hall–Kier alpha value is -2.04. The highest BCUT2D eigenvalue weighted by molar-refractivity contribution is 6.04. The highest BCUT2D eigenvalue weighted by Crippen LogP contribution is 2.17. The van der Waals surface area contributed by atoms with Gasteiger partial charge in [0.05, 0.1) is 23.9 Å². The summed E-state index contributed by atoms with van der Waals surface area (Å²) in [5.41, 5.74) is 10.9. The first-order valence-corrected chi connectivity index (χ1v) is 3.84. The van der Waals surface area contributed by atoms with E-state index < -0.39 is 11.9 Å². The number of amides is 1. The number of methoxy groups -OCH3 is 1. The van der Waals surface area contributed by atoms with Crippen molar-refractivity contribution in [1.29, 1.82) is 0 Å². The molecule has 4 N–H and O–H groups in total. The summed E-state index contributed by atoms with van der Waals surface area (Å²) in [5, 5.41) is 0. The molecule has 1 aromatic rings. The lowest BCUT2D eigenvalue weighted by Gasteiger charge is -2.06. The summed E-state index contributed by atoms with van der Waals surface area (Å²) >= 11 is 0. The van der Waals surface area contributed by atoms with Gasteiger partial charge in [-0.3, -0.25) is 4.79 Å². The van der Waals surface area contributed by atoms with E-state index in [0.717, 1.165) is 0 Å². The van der Waals surface area contributed by atoms with Gasteiger partial charge in [0.1, 0.15) is 0 Å². The second-order valence-corrected chi connectivity index (χ2v) is 2.62. The molecule has 0 aliphatic rings. The molecule has 0 bridgehead atoms. The van der Waals surface area contributed by atoms with Gasteiger partial charge in [-0.05, 0) is 12.1 Å². The maximum atomic E-state index is 11.2. The van der Waals surface area contributed by atoms with Crippen LogP contribution < -0.4 is 11.5 Å². The lowest BCUT2D eigenvalue weighted by Crippen LogP contribution is -2.16. The average Bonchev–Trinajstić information content (AvgIpc) is 2.16. The zero-order chi connectivity index (χ0) is 10.7. The number of carbonyl (C=O) groups is 2. The van der Waals surface area contributed by atoms with E-state index >= 15 is 0 Å². The lowest BCUT2D eigenvalue weighted by atomic mass is 10.1. The van der Waals surface area contributed by atoms with Crippen LogP contribution in [0.15, 0.2) is 18.2 Å². The summed E-state index contributed by atoms with van der Waals surface area (Å²) in [7, 11) is 1.23. The van der Waals surface area contributed by atoms with Crippen molar-refractivity contribution in [3.63, 3.8) is 0 Å². The molecule has 0 aliphatic carbocycles. The summed E-state index contributed by atoms with van der Waals surface area (Å²) in [5.74, 6) is -1.26. The zero-order valence-electron chi connectivity index (χ0n) is 7.61. The minimum Gasteiger partial charge on any atom is -0.465 e. The number of nitrogens with two attached hydrogens (primary N) is 2. The number of rotatable bonds is 2. The Balaban J connectivity index is 3.27. The predicted octanol–water partition coefficient (Wildman–Crippen LogP) is 0.154. The van der Waals surface area contributed by atoms with Crippen LogP contribution in [0, 0.1) is 0 Å². The lowest BCUT2D eigenvalue weighted by molar-refractivity contribution is 0.0602. The number of nitrogen functional groups attached to an aromatic ring is 1. The van der Waals surface area contributed by atoms with E-state index in [1.165, 1.54) is 25.3 Å². The number of benzene rings is 1. The van der Waals surface area contributed by atoms with Crippen molar-refractivity contribution < 1.29 is 14.3 Å². The van der Waals surface area contributed by atoms with Crippen LogP contribution in [0.4, 0.5) is 5.69 Å². The Bertz CT molecular complexity index is 388. The largest absolute Gasteiger partial charge is 0.465 e. The quantitative estimate of drug-likeness (QED) is 0.517. The van der Waals surface area contributed by atoms with Crippen LogP contribution in [0.1, 0.15) is 20.7 Å². The van der Waals surface area contributed by atoms with Crippen molar-refractivity contribution in [2.24, 2.45) is 5.73 Å². The van der Waals surface area contributed by atoms with Crippen molar-refractivity contribution in [1.82, 2.24) is 0 Å². The van der Waals surface area contributed by atoms with Gasteiger partial charge in [0.2, 0.25) is 0 Å². The molecule has 0 unspecified atom stereocenters. The molecule has 0 fully saturated rings. The van der Waals surface area contributed by atoms with E-state index in [0.29, 0.717) is 0 Å². The number of anilines is 1. The molecule has 0 saturated heterocycles. The fraction of sp³-hybridized carbons (Fsp3) is 0.111. The minimum atomic E-state index is -0.673. The zero-order valence-corrected chi connectivity index (χ0v) is 7.61. The van der Waals surface area contributed by atoms with Gasteiger partial charge < -0.3 is 16.2 Å². The van der Waals surface area contributed by atoms with Crippen LogP contribution in [0.3, 0.4) is 0 Å². The van der Waals surface area contributed by atoms with Gasteiger partial charge in [0.15, 0.2) is 0 Å². The monoisotopic (exact) mass is 194 g/mol. The number of para-hydroxylation sites is 1. The summed E-state index contributed by atoms with van der Waals surface area (Å²) < 4.78 is 4.48. The number of esters is 1. The Kier molecular flexibility index (Phi) is 2.71. The molecule has 0 aromatic heterocycles. The number of ether oxygens (including phenoxy) is 1. The fourth-order valence-corrected chi connectivity index (χ4v) is 1.07. The summed E-state index contributed by atoms with van der Waals surface area (Å²) in [4.78, 5) is 22.0. The molecule has 0 saturated carbocycles. The summed E-state index contributed by atoms with van der Waals surface area (Å²) in [6.45, 7) is 0. The van der Waals surface area contributed by atoms with Crippen molar-refractivity contribution in [3.05, 3.63) is 29.3 Å². The van der Waals surface area contributed by atoms with Crippen LogP contribution in [0.5, 0.6) is 0 Å². The summed E-state index contributed by atoms with van der Waals surface area (Å²) in [6, 6.07) is 4.43. The topological polar surface area (TPSA) is 95.4 Å². The van der Waals surface area contributed by atoms with Gasteiger partial charge >= 0.3 is 5.97 Å². The van der Waals surface area contributed by atoms with Gasteiger partial charge in [-0.2, -0.15) is 0 Å². The number of carbonyl (C=O) groups excluding carboxylic acids is 2. The van der Waals surface area contributed by atoms with Crippen molar-refractivity contribution in [2.75, 3.05) is 12.8 Å². The molecule has 0 aliphatic heterocycles. The van der Waals surface area contributed by atoms with Crippen LogP contribution in [0.2, 0.25) is 0 Å². The number of hydrogen-bond donors (Lipinski definition) is 2. The van der Waals surface area contributed by atoms with E-state index in [-0.39, 0.29) is 16.8 Å². The van der Waals surface area contributed by atoms with E-state index in [2.05, 4.69) is 4.74 Å². The van der Waals surface area contributed by atoms with Gasteiger partial charge in [0, 0.05) is 0 Å². The third-order valence-corrected chi connectivity index (χ3v) is 1.78. The number of primary amides is 1. The Labute approximate surface area is 80.6 Å². The Morgan fingerprint density at radius 1 is 1.29 bits per heavy atom. The molecule has 1 amide bonds. The van der Waals surface area contributed by atoms with Crippen LogP contribution in [-0.4, -0.2) is 19.0 Å². The maximum Gasteiger partial charge on any atom is 0.339 e. The SMILES string of the molecule is COC(=O)c1cccc(C(N)=O)c1N. The molecule has 1 rings (SSSR count). The Morgan fingerprint density at radius 2 is 1.86 bits per heavy atom. The smallest absolute Gasteiger partial charge is 0.339 e. The molecule has 1 aromatic carbocycles. The summed E-state index contributed by atoms with van der Waals surface area (Å²) in [6.07, 6.45) is 0. The Morgan fingerprint density at radius 3 is 2.36 bits per heavy atom. The maximum absolute atomic E-state index is 11.2. The highest BCUT2D eigenvalue weighted by atomic mass is 16.5. The highest BCUT2D eigenvalue weighted by Gasteiger charge is 2.14. The van der Waals surface area contributed by atoms with Crippen LogP contribution >= 0.6 is 0 Å². The normalized spacial score (nSPS) is 9.50. The van der Waals surface area contributed by atoms with E-state index in [9.17, 15) is 9.59 Å². The first-order valence-electron chi connectivity index (χ1n) is 3.84.